The van der Waals surface area contributed by atoms with Gasteiger partial charge in [0, 0.05) is 28.6 Å². The second kappa shape index (κ2) is 9.57. The largest absolute Gasteiger partial charge is 0.302 e. The van der Waals surface area contributed by atoms with Crippen molar-refractivity contribution in [3.05, 3.63) is 96.3 Å². The molecule has 3 aromatic carbocycles. The summed E-state index contributed by atoms with van der Waals surface area (Å²) in [6.45, 7) is 2.66. The second-order valence-electron chi connectivity index (χ2n) is 7.71. The van der Waals surface area contributed by atoms with Gasteiger partial charge < -0.3 is 4.57 Å². The highest BCUT2D eigenvalue weighted by Crippen LogP contribution is 2.33. The number of carbonyl (C=O) groups is 1. The van der Waals surface area contributed by atoms with Crippen LogP contribution in [0.25, 0.3) is 33.5 Å². The number of fused-ring (bicyclic) bond motifs is 1. The fourth-order valence-electron chi connectivity index (χ4n) is 3.87. The van der Waals surface area contributed by atoms with Gasteiger partial charge in [-0.15, -0.1) is 10.2 Å². The summed E-state index contributed by atoms with van der Waals surface area (Å²) >= 11 is 1.30. The third-order valence-corrected chi connectivity index (χ3v) is 6.51. The van der Waals surface area contributed by atoms with Crippen molar-refractivity contribution in [2.24, 2.45) is 0 Å². The zero-order valence-corrected chi connectivity index (χ0v) is 19.3. The number of hydrogen-bond acceptors (Lipinski definition) is 5. The van der Waals surface area contributed by atoms with E-state index in [9.17, 15) is 9.18 Å². The van der Waals surface area contributed by atoms with Gasteiger partial charge in [-0.2, -0.15) is 0 Å². The number of rotatable bonds is 7. The molecule has 7 heteroatoms. The lowest BCUT2D eigenvalue weighted by atomic mass is 10.0. The van der Waals surface area contributed by atoms with Crippen LogP contribution in [0.1, 0.15) is 17.3 Å². The SMILES string of the molecule is CCn1c(SCC(=O)c2cccc(F)c2)nnc1-c1cc(-c2ccccc2)nc2ccccc12. The average molecular weight is 469 g/mol. The van der Waals surface area contributed by atoms with Gasteiger partial charge in [-0.25, -0.2) is 9.37 Å². The van der Waals surface area contributed by atoms with Gasteiger partial charge in [0.2, 0.25) is 0 Å². The lowest BCUT2D eigenvalue weighted by molar-refractivity contribution is 0.102. The summed E-state index contributed by atoms with van der Waals surface area (Å²) in [6.07, 6.45) is 0. The highest BCUT2D eigenvalue weighted by molar-refractivity contribution is 7.99. The number of thioether (sulfide) groups is 1. The normalized spacial score (nSPS) is 11.1. The van der Waals surface area contributed by atoms with Gasteiger partial charge in [-0.05, 0) is 31.2 Å². The molecule has 0 bridgehead atoms. The minimum atomic E-state index is -0.423. The minimum Gasteiger partial charge on any atom is -0.302 e. The van der Waals surface area contributed by atoms with Crippen LogP contribution in [0, 0.1) is 5.82 Å². The van der Waals surface area contributed by atoms with Gasteiger partial charge in [-0.1, -0.05) is 72.4 Å². The molecule has 5 aromatic rings. The van der Waals surface area contributed by atoms with Crippen LogP contribution in [0.5, 0.6) is 0 Å². The van der Waals surface area contributed by atoms with E-state index in [2.05, 4.69) is 10.2 Å². The van der Waals surface area contributed by atoms with Crippen molar-refractivity contribution in [2.45, 2.75) is 18.6 Å². The smallest absolute Gasteiger partial charge is 0.191 e. The molecule has 0 unspecified atom stereocenters. The number of nitrogens with zero attached hydrogens (tertiary/aromatic N) is 4. The first-order valence-corrected chi connectivity index (χ1v) is 11.9. The summed E-state index contributed by atoms with van der Waals surface area (Å²) in [4.78, 5) is 17.4. The Hall–Kier alpha value is -3.84. The Morgan fingerprint density at radius 1 is 0.941 bits per heavy atom. The molecule has 34 heavy (non-hydrogen) atoms. The predicted molar refractivity (Wildman–Crippen MR) is 133 cm³/mol. The van der Waals surface area contributed by atoms with E-state index in [1.54, 1.807) is 12.1 Å². The van der Waals surface area contributed by atoms with Crippen LogP contribution in [0.3, 0.4) is 0 Å². The first-order valence-electron chi connectivity index (χ1n) is 10.9. The Morgan fingerprint density at radius 2 is 1.74 bits per heavy atom. The fourth-order valence-corrected chi connectivity index (χ4v) is 4.77. The molecule has 0 amide bonds. The molecule has 168 valence electrons. The number of benzene rings is 3. The number of hydrogen-bond donors (Lipinski definition) is 0. The van der Waals surface area contributed by atoms with E-state index >= 15 is 0 Å². The zero-order valence-electron chi connectivity index (χ0n) is 18.5. The summed E-state index contributed by atoms with van der Waals surface area (Å²) in [5.41, 5.74) is 4.04. The Kier molecular flexibility index (Phi) is 6.18. The van der Waals surface area contributed by atoms with Crippen LogP contribution < -0.4 is 0 Å². The summed E-state index contributed by atoms with van der Waals surface area (Å²) in [6, 6.07) is 25.8. The van der Waals surface area contributed by atoms with E-state index in [1.807, 2.05) is 72.2 Å². The zero-order chi connectivity index (χ0) is 23.5. The highest BCUT2D eigenvalue weighted by atomic mass is 32.2. The van der Waals surface area contributed by atoms with Crippen LogP contribution in [0.15, 0.2) is 90.1 Å². The van der Waals surface area contributed by atoms with Crippen LogP contribution >= 0.6 is 11.8 Å². The number of Topliss-reactive ketones (excluding diaryl/α,β-unsaturated/α-hetero) is 1. The molecule has 0 aliphatic heterocycles. The fraction of sp³-hybridized carbons (Fsp3) is 0.111. The molecule has 2 aromatic heterocycles. The molecular weight excluding hydrogens is 447 g/mol. The van der Waals surface area contributed by atoms with Gasteiger partial charge >= 0.3 is 0 Å². The van der Waals surface area contributed by atoms with E-state index in [1.165, 1.54) is 23.9 Å². The molecule has 5 nitrogen and oxygen atoms in total. The van der Waals surface area contributed by atoms with E-state index in [-0.39, 0.29) is 11.5 Å². The van der Waals surface area contributed by atoms with Crippen molar-refractivity contribution < 1.29 is 9.18 Å². The van der Waals surface area contributed by atoms with Crippen LogP contribution in [0.2, 0.25) is 0 Å². The van der Waals surface area contributed by atoms with Gasteiger partial charge in [0.25, 0.3) is 0 Å². The number of halogens is 1. The summed E-state index contributed by atoms with van der Waals surface area (Å²) in [5, 5.41) is 10.5. The van der Waals surface area contributed by atoms with Gasteiger partial charge in [0.15, 0.2) is 16.8 Å². The molecule has 0 aliphatic carbocycles. The Balaban J connectivity index is 1.52. The molecule has 0 saturated carbocycles. The first-order chi connectivity index (χ1) is 16.6. The van der Waals surface area contributed by atoms with Crippen LogP contribution in [-0.2, 0) is 6.54 Å². The van der Waals surface area contributed by atoms with Crippen molar-refractivity contribution in [3.63, 3.8) is 0 Å². The van der Waals surface area contributed by atoms with Crippen molar-refractivity contribution in [3.8, 4) is 22.6 Å². The molecule has 0 radical (unpaired) electrons. The van der Waals surface area contributed by atoms with Crippen molar-refractivity contribution in [1.29, 1.82) is 0 Å². The van der Waals surface area contributed by atoms with Crippen LogP contribution in [0.4, 0.5) is 4.39 Å². The summed E-state index contributed by atoms with van der Waals surface area (Å²) in [7, 11) is 0. The van der Waals surface area contributed by atoms with Crippen molar-refractivity contribution in [2.75, 3.05) is 5.75 Å². The molecule has 0 fully saturated rings. The number of para-hydroxylation sites is 1. The number of pyridine rings is 1. The molecule has 0 saturated heterocycles. The lowest BCUT2D eigenvalue weighted by Crippen LogP contribution is -2.05. The predicted octanol–water partition coefficient (Wildman–Crippen LogP) is 6.29. The molecule has 0 spiro atoms. The number of aromatic nitrogens is 4. The Labute approximate surface area is 200 Å². The maximum atomic E-state index is 13.5. The van der Waals surface area contributed by atoms with Gasteiger partial charge in [-0.3, -0.25) is 4.79 Å². The minimum absolute atomic E-state index is 0.147. The van der Waals surface area contributed by atoms with Gasteiger partial charge in [0.1, 0.15) is 5.82 Å². The third kappa shape index (κ3) is 4.34. The Bertz CT molecular complexity index is 1480. The van der Waals surface area contributed by atoms with E-state index in [0.29, 0.717) is 17.3 Å². The van der Waals surface area contributed by atoms with E-state index in [0.717, 1.165) is 33.5 Å². The quantitative estimate of drug-likeness (QED) is 0.207. The summed E-state index contributed by atoms with van der Waals surface area (Å²) in [5.74, 6) is 0.290. The molecule has 5 rings (SSSR count). The van der Waals surface area contributed by atoms with Gasteiger partial charge in [0.05, 0.1) is 17.0 Å². The lowest BCUT2D eigenvalue weighted by Gasteiger charge is -2.11. The first kappa shape index (κ1) is 22.0. The summed E-state index contributed by atoms with van der Waals surface area (Å²) < 4.78 is 15.5. The molecule has 0 aliphatic rings. The van der Waals surface area contributed by atoms with E-state index < -0.39 is 5.82 Å². The number of ketones is 1. The maximum absolute atomic E-state index is 13.5. The topological polar surface area (TPSA) is 60.7 Å². The molecule has 0 atom stereocenters. The molecule has 0 N–H and O–H groups in total. The van der Waals surface area contributed by atoms with Crippen LogP contribution in [-0.4, -0.2) is 31.3 Å². The van der Waals surface area contributed by atoms with E-state index in [4.69, 9.17) is 4.98 Å². The second-order valence-corrected chi connectivity index (χ2v) is 8.65. The molecular formula is C27H21FN4OS. The van der Waals surface area contributed by atoms with Crippen molar-refractivity contribution in [1.82, 2.24) is 19.7 Å². The molecule has 2 heterocycles. The average Bonchev–Trinajstić information content (AvgIpc) is 3.29. The number of carbonyl (C=O) groups excluding carboxylic acids is 1. The third-order valence-electron chi connectivity index (χ3n) is 5.54. The maximum Gasteiger partial charge on any atom is 0.191 e. The monoisotopic (exact) mass is 468 g/mol. The van der Waals surface area contributed by atoms with Crippen molar-refractivity contribution >= 4 is 28.4 Å². The highest BCUT2D eigenvalue weighted by Gasteiger charge is 2.19. The Morgan fingerprint density at radius 3 is 2.53 bits per heavy atom. The standard InChI is InChI=1S/C27H21FN4OS/c1-2-32-26(30-31-27(32)34-17-25(33)19-11-8-12-20(28)15-19)22-16-24(18-9-4-3-5-10-18)29-23-14-7-6-13-21(22)23/h3-16H,2,17H2,1H3.